The number of nitrogens with one attached hydrogen (secondary N) is 2. The summed E-state index contributed by atoms with van der Waals surface area (Å²) in [7, 11) is 0. The van der Waals surface area contributed by atoms with E-state index in [0.29, 0.717) is 36.0 Å². The Morgan fingerprint density at radius 1 is 1.28 bits per heavy atom. The van der Waals surface area contributed by atoms with Crippen molar-refractivity contribution in [3.63, 3.8) is 0 Å². The lowest BCUT2D eigenvalue weighted by atomic mass is 10.2. The van der Waals surface area contributed by atoms with Gasteiger partial charge in [0.15, 0.2) is 5.76 Å². The molecular formula is C20H18N6O3. The molecule has 1 aliphatic rings. The van der Waals surface area contributed by atoms with E-state index in [1.165, 1.54) is 0 Å². The molecule has 0 bridgehead atoms. The lowest BCUT2D eigenvalue weighted by molar-refractivity contribution is -0.0285. The molecular weight excluding hydrogens is 372 g/mol. The molecule has 5 heterocycles. The van der Waals surface area contributed by atoms with Crippen molar-refractivity contribution in [3.05, 3.63) is 60.4 Å². The number of aryl methyl sites for hydroxylation is 1. The van der Waals surface area contributed by atoms with Gasteiger partial charge in [-0.05, 0) is 31.2 Å². The average Bonchev–Trinajstić information content (AvgIpc) is 3.41. The number of aromatic amines is 1. The van der Waals surface area contributed by atoms with Crippen LogP contribution in [0.4, 0.5) is 5.69 Å². The second kappa shape index (κ2) is 7.02. The molecule has 29 heavy (non-hydrogen) atoms. The number of carbonyl (C=O) groups is 1. The molecule has 0 aromatic carbocycles. The third-order valence-corrected chi connectivity index (χ3v) is 4.81. The molecule has 0 spiro atoms. The Labute approximate surface area is 165 Å². The maximum Gasteiger partial charge on any atom is 0.291 e. The molecule has 1 saturated heterocycles. The summed E-state index contributed by atoms with van der Waals surface area (Å²) in [4.78, 5) is 17.2. The second-order valence-corrected chi connectivity index (χ2v) is 6.78. The summed E-state index contributed by atoms with van der Waals surface area (Å²) in [6.07, 6.45) is 5.23. The third kappa shape index (κ3) is 3.21. The van der Waals surface area contributed by atoms with Crippen molar-refractivity contribution < 1.29 is 13.9 Å². The van der Waals surface area contributed by atoms with Crippen LogP contribution < -0.4 is 5.32 Å². The first-order chi connectivity index (χ1) is 14.2. The van der Waals surface area contributed by atoms with Crippen molar-refractivity contribution in [1.82, 2.24) is 25.0 Å². The fourth-order valence-electron chi connectivity index (χ4n) is 3.13. The molecule has 9 nitrogen and oxygen atoms in total. The normalized spacial score (nSPS) is 14.0. The van der Waals surface area contributed by atoms with Gasteiger partial charge in [0, 0.05) is 18.6 Å². The van der Waals surface area contributed by atoms with E-state index in [4.69, 9.17) is 9.15 Å². The van der Waals surface area contributed by atoms with Crippen molar-refractivity contribution >= 4 is 11.6 Å². The molecule has 0 atom stereocenters. The topological polar surface area (TPSA) is 111 Å². The van der Waals surface area contributed by atoms with E-state index in [9.17, 15) is 4.79 Å². The number of aromatic nitrogens is 5. The molecule has 146 valence electrons. The summed E-state index contributed by atoms with van der Waals surface area (Å²) >= 11 is 0. The number of ether oxygens (including phenoxy) is 1. The highest BCUT2D eigenvalue weighted by atomic mass is 16.5. The van der Waals surface area contributed by atoms with Crippen LogP contribution in [0.5, 0.6) is 0 Å². The van der Waals surface area contributed by atoms with E-state index in [2.05, 4.69) is 25.6 Å². The first kappa shape index (κ1) is 17.4. The highest BCUT2D eigenvalue weighted by Gasteiger charge is 2.25. The van der Waals surface area contributed by atoms with E-state index in [0.717, 1.165) is 11.3 Å². The molecule has 1 aliphatic heterocycles. The van der Waals surface area contributed by atoms with Crippen LogP contribution in [0.3, 0.4) is 0 Å². The fourth-order valence-corrected chi connectivity index (χ4v) is 3.13. The Hall–Kier alpha value is -3.72. The average molecular weight is 390 g/mol. The Balaban J connectivity index is 1.44. The zero-order valence-corrected chi connectivity index (χ0v) is 15.6. The van der Waals surface area contributed by atoms with Gasteiger partial charge in [-0.25, -0.2) is 0 Å². The van der Waals surface area contributed by atoms with E-state index >= 15 is 0 Å². The Bertz CT molecular complexity index is 1160. The minimum absolute atomic E-state index is 0.155. The van der Waals surface area contributed by atoms with Crippen LogP contribution >= 0.6 is 0 Å². The lowest BCUT2D eigenvalue weighted by Gasteiger charge is -2.25. The van der Waals surface area contributed by atoms with Crippen molar-refractivity contribution in [3.8, 4) is 22.7 Å². The molecule has 9 heteroatoms. The second-order valence-electron chi connectivity index (χ2n) is 6.78. The number of hydrogen-bond acceptors (Lipinski definition) is 6. The summed E-state index contributed by atoms with van der Waals surface area (Å²) in [6.45, 7) is 3.07. The number of rotatable bonds is 5. The molecule has 0 unspecified atom stereocenters. The van der Waals surface area contributed by atoms with Crippen LogP contribution in [0.25, 0.3) is 22.7 Å². The van der Waals surface area contributed by atoms with Gasteiger partial charge in [-0.2, -0.15) is 10.2 Å². The van der Waals surface area contributed by atoms with Gasteiger partial charge in [-0.15, -0.1) is 0 Å². The summed E-state index contributed by atoms with van der Waals surface area (Å²) in [5.41, 5.74) is 3.46. The SMILES string of the molecule is Cc1n[nH]cc1-c1ccc(C(=O)Nc2cn(C3COC3)nc2-c2ccccn2)o1. The number of anilines is 1. The first-order valence-electron chi connectivity index (χ1n) is 9.19. The number of amides is 1. The molecule has 2 N–H and O–H groups in total. The van der Waals surface area contributed by atoms with Gasteiger partial charge < -0.3 is 14.5 Å². The fraction of sp³-hybridized carbons (Fsp3) is 0.200. The van der Waals surface area contributed by atoms with Gasteiger partial charge >= 0.3 is 0 Å². The summed E-state index contributed by atoms with van der Waals surface area (Å²) in [5.74, 6) is 0.417. The number of pyridine rings is 1. The van der Waals surface area contributed by atoms with Gasteiger partial charge in [0.1, 0.15) is 11.5 Å². The van der Waals surface area contributed by atoms with Crippen molar-refractivity contribution in [2.45, 2.75) is 13.0 Å². The maximum absolute atomic E-state index is 12.8. The van der Waals surface area contributed by atoms with E-state index in [1.54, 1.807) is 30.7 Å². The summed E-state index contributed by atoms with van der Waals surface area (Å²) in [5, 5.41) is 14.4. The number of nitrogens with zero attached hydrogens (tertiary/aromatic N) is 4. The molecule has 4 aromatic heterocycles. The van der Waals surface area contributed by atoms with Crippen molar-refractivity contribution in [2.24, 2.45) is 0 Å². The Morgan fingerprint density at radius 3 is 2.86 bits per heavy atom. The van der Waals surface area contributed by atoms with Crippen molar-refractivity contribution in [1.29, 1.82) is 0 Å². The number of H-pyrrole nitrogens is 1. The molecule has 0 radical (unpaired) electrons. The first-order valence-corrected chi connectivity index (χ1v) is 9.19. The van der Waals surface area contributed by atoms with Crippen LogP contribution in [-0.4, -0.2) is 44.1 Å². The standard InChI is InChI=1S/C20H18N6O3/c1-12-14(8-22-24-12)17-5-6-18(29-17)20(27)23-16-9-26(13-10-28-11-13)25-19(16)15-4-2-3-7-21-15/h2-9,13H,10-11H2,1H3,(H,22,24)(H,23,27). The van der Waals surface area contributed by atoms with Gasteiger partial charge in [0.25, 0.3) is 5.91 Å². The zero-order chi connectivity index (χ0) is 19.8. The maximum atomic E-state index is 12.8. The molecule has 0 saturated carbocycles. The molecule has 1 fully saturated rings. The zero-order valence-electron chi connectivity index (χ0n) is 15.6. The van der Waals surface area contributed by atoms with Crippen molar-refractivity contribution in [2.75, 3.05) is 18.5 Å². The minimum Gasteiger partial charge on any atom is -0.451 e. The number of hydrogen-bond donors (Lipinski definition) is 2. The lowest BCUT2D eigenvalue weighted by Crippen LogP contribution is -2.30. The largest absolute Gasteiger partial charge is 0.451 e. The Kier molecular flexibility index (Phi) is 4.21. The third-order valence-electron chi connectivity index (χ3n) is 4.81. The predicted molar refractivity (Wildman–Crippen MR) is 104 cm³/mol. The summed E-state index contributed by atoms with van der Waals surface area (Å²) < 4.78 is 12.8. The van der Waals surface area contributed by atoms with Gasteiger partial charge in [0.05, 0.1) is 41.9 Å². The van der Waals surface area contributed by atoms with Crippen LogP contribution in [0.2, 0.25) is 0 Å². The smallest absolute Gasteiger partial charge is 0.291 e. The van der Waals surface area contributed by atoms with Crippen LogP contribution in [0, 0.1) is 6.92 Å². The summed E-state index contributed by atoms with van der Waals surface area (Å²) in [6, 6.07) is 9.12. The van der Waals surface area contributed by atoms with Gasteiger partial charge in [-0.3, -0.25) is 19.6 Å². The van der Waals surface area contributed by atoms with E-state index in [-0.39, 0.29) is 17.7 Å². The van der Waals surface area contributed by atoms with E-state index in [1.807, 2.05) is 29.8 Å². The molecule has 4 aromatic rings. The van der Waals surface area contributed by atoms with Crippen LogP contribution in [0.15, 0.2) is 53.3 Å². The number of carbonyl (C=O) groups excluding carboxylic acids is 1. The van der Waals surface area contributed by atoms with E-state index < -0.39 is 0 Å². The van der Waals surface area contributed by atoms with Crippen LogP contribution in [-0.2, 0) is 4.74 Å². The van der Waals surface area contributed by atoms with Gasteiger partial charge in [0.2, 0.25) is 0 Å². The monoisotopic (exact) mass is 390 g/mol. The number of furan rings is 1. The van der Waals surface area contributed by atoms with Gasteiger partial charge in [-0.1, -0.05) is 6.07 Å². The molecule has 1 amide bonds. The molecule has 5 rings (SSSR count). The van der Waals surface area contributed by atoms with Crippen LogP contribution in [0.1, 0.15) is 22.3 Å². The highest BCUT2D eigenvalue weighted by molar-refractivity contribution is 6.04. The predicted octanol–water partition coefficient (Wildman–Crippen LogP) is 3.06. The Morgan fingerprint density at radius 2 is 2.17 bits per heavy atom. The minimum atomic E-state index is -0.362. The highest BCUT2D eigenvalue weighted by Crippen LogP contribution is 2.29. The molecule has 0 aliphatic carbocycles. The quantitative estimate of drug-likeness (QED) is 0.542.